The number of hydrogen-bond donors (Lipinski definition) is 2. The van der Waals surface area contributed by atoms with Crippen LogP contribution in [0.1, 0.15) is 78.1 Å². The standard InChI is InChI=1S/C22H38N2O3/c1-3-5-8-13-20(25)17-16-19-12-11-15-22(27)24(19)18-10-7-6-9-14-21(26)23-4-2/h7,10,16-17,19-20,25H,3-6,8-9,11-15,18H2,1-2H3,(H,23,26)/t19-,20?/m1/s1. The molecule has 0 aromatic rings. The molecule has 1 rings (SSSR count). The van der Waals surface area contributed by atoms with E-state index >= 15 is 0 Å². The molecular weight excluding hydrogens is 340 g/mol. The van der Waals surface area contributed by atoms with E-state index in [4.69, 9.17) is 0 Å². The lowest BCUT2D eigenvalue weighted by Crippen LogP contribution is -2.42. The first kappa shape index (κ1) is 23.4. The Morgan fingerprint density at radius 2 is 2.11 bits per heavy atom. The SMILES string of the molecule is CCCCCC(O)C=C[C@H]1CCCC(=O)N1CC=CCCCC(=O)NCC. The van der Waals surface area contributed by atoms with Crippen molar-refractivity contribution in [1.29, 1.82) is 0 Å². The summed E-state index contributed by atoms with van der Waals surface area (Å²) < 4.78 is 0. The number of rotatable bonds is 13. The summed E-state index contributed by atoms with van der Waals surface area (Å²) in [6.45, 7) is 5.35. The topological polar surface area (TPSA) is 69.6 Å². The molecule has 0 aromatic heterocycles. The summed E-state index contributed by atoms with van der Waals surface area (Å²) in [5.41, 5.74) is 0. The zero-order valence-electron chi connectivity index (χ0n) is 17.2. The van der Waals surface area contributed by atoms with Crippen LogP contribution < -0.4 is 5.32 Å². The summed E-state index contributed by atoms with van der Waals surface area (Å²) in [5, 5.41) is 12.9. The molecule has 1 saturated heterocycles. The van der Waals surface area contributed by atoms with Crippen LogP contribution in [0.4, 0.5) is 0 Å². The summed E-state index contributed by atoms with van der Waals surface area (Å²) in [6, 6.07) is 0.0760. The summed E-state index contributed by atoms with van der Waals surface area (Å²) >= 11 is 0. The predicted octanol–water partition coefficient (Wildman–Crippen LogP) is 3.73. The second-order valence-electron chi connectivity index (χ2n) is 7.27. The average Bonchev–Trinajstić information content (AvgIpc) is 2.64. The maximum absolute atomic E-state index is 12.3. The molecule has 0 radical (unpaired) electrons. The first-order valence-corrected chi connectivity index (χ1v) is 10.7. The zero-order valence-corrected chi connectivity index (χ0v) is 17.2. The number of hydrogen-bond acceptors (Lipinski definition) is 3. The Bertz CT molecular complexity index is 488. The van der Waals surface area contributed by atoms with Crippen molar-refractivity contribution >= 4 is 11.8 Å². The molecule has 0 bridgehead atoms. The third kappa shape index (κ3) is 10.3. The molecule has 5 nitrogen and oxygen atoms in total. The number of aliphatic hydroxyl groups is 1. The van der Waals surface area contributed by atoms with Gasteiger partial charge in [-0.3, -0.25) is 9.59 Å². The van der Waals surface area contributed by atoms with Gasteiger partial charge in [-0.25, -0.2) is 0 Å². The molecule has 2 atom stereocenters. The molecule has 0 saturated carbocycles. The van der Waals surface area contributed by atoms with E-state index in [1.54, 1.807) is 0 Å². The first-order chi connectivity index (χ1) is 13.1. The van der Waals surface area contributed by atoms with Crippen LogP contribution in [0.25, 0.3) is 0 Å². The fraction of sp³-hybridized carbons (Fsp3) is 0.727. The molecule has 2 amide bonds. The number of likely N-dealkylation sites (tertiary alicyclic amines) is 1. The number of aliphatic hydroxyl groups excluding tert-OH is 1. The van der Waals surface area contributed by atoms with Crippen molar-refractivity contribution in [2.75, 3.05) is 13.1 Å². The van der Waals surface area contributed by atoms with Crippen LogP contribution in [0.3, 0.4) is 0 Å². The second-order valence-corrected chi connectivity index (χ2v) is 7.27. The number of nitrogens with zero attached hydrogens (tertiary/aromatic N) is 1. The monoisotopic (exact) mass is 378 g/mol. The van der Waals surface area contributed by atoms with Crippen LogP contribution in [0.5, 0.6) is 0 Å². The normalized spacial score (nSPS) is 19.1. The molecule has 0 spiro atoms. The number of unbranched alkanes of at least 4 members (excludes halogenated alkanes) is 3. The Balaban J connectivity index is 2.41. The molecule has 1 unspecified atom stereocenters. The molecule has 1 heterocycles. The lowest BCUT2D eigenvalue weighted by Gasteiger charge is -2.33. The van der Waals surface area contributed by atoms with Crippen LogP contribution in [0.2, 0.25) is 0 Å². The van der Waals surface area contributed by atoms with Gasteiger partial charge in [0.2, 0.25) is 11.8 Å². The lowest BCUT2D eigenvalue weighted by atomic mass is 10.00. The molecule has 1 aliphatic rings. The molecule has 0 aromatic carbocycles. The third-order valence-corrected chi connectivity index (χ3v) is 4.89. The van der Waals surface area contributed by atoms with Gasteiger partial charge in [-0.2, -0.15) is 0 Å². The molecule has 5 heteroatoms. The number of nitrogens with one attached hydrogen (secondary N) is 1. The maximum atomic E-state index is 12.3. The van der Waals surface area contributed by atoms with Crippen molar-refractivity contribution in [3.05, 3.63) is 24.3 Å². The minimum Gasteiger partial charge on any atom is -0.389 e. The van der Waals surface area contributed by atoms with Crippen molar-refractivity contribution in [2.45, 2.75) is 90.2 Å². The van der Waals surface area contributed by atoms with Crippen LogP contribution in [0.15, 0.2) is 24.3 Å². The number of allylic oxidation sites excluding steroid dienone is 1. The molecule has 1 aliphatic heterocycles. The summed E-state index contributed by atoms with van der Waals surface area (Å²) in [5.74, 6) is 0.281. The summed E-state index contributed by atoms with van der Waals surface area (Å²) in [4.78, 5) is 25.6. The van der Waals surface area contributed by atoms with Gasteiger partial charge in [0.25, 0.3) is 0 Å². The average molecular weight is 379 g/mol. The van der Waals surface area contributed by atoms with E-state index in [-0.39, 0.29) is 17.9 Å². The van der Waals surface area contributed by atoms with E-state index in [1.165, 1.54) is 0 Å². The minimum absolute atomic E-state index is 0.0760. The van der Waals surface area contributed by atoms with E-state index in [2.05, 4.69) is 18.3 Å². The van der Waals surface area contributed by atoms with E-state index in [0.29, 0.717) is 25.9 Å². The van der Waals surface area contributed by atoms with Crippen molar-refractivity contribution < 1.29 is 14.7 Å². The third-order valence-electron chi connectivity index (χ3n) is 4.89. The van der Waals surface area contributed by atoms with Gasteiger partial charge in [0, 0.05) is 25.9 Å². The van der Waals surface area contributed by atoms with Crippen LogP contribution in [0, 0.1) is 0 Å². The molecule has 0 aliphatic carbocycles. The van der Waals surface area contributed by atoms with Gasteiger partial charge in [-0.1, -0.05) is 50.5 Å². The molecule has 27 heavy (non-hydrogen) atoms. The quantitative estimate of drug-likeness (QED) is 0.379. The van der Waals surface area contributed by atoms with Gasteiger partial charge in [-0.05, 0) is 39.0 Å². The summed E-state index contributed by atoms with van der Waals surface area (Å²) in [6.07, 6.45) is 16.3. The molecule has 2 N–H and O–H groups in total. The number of amides is 2. The summed E-state index contributed by atoms with van der Waals surface area (Å²) in [7, 11) is 0. The van der Waals surface area contributed by atoms with E-state index in [9.17, 15) is 14.7 Å². The van der Waals surface area contributed by atoms with Crippen molar-refractivity contribution in [1.82, 2.24) is 10.2 Å². The highest BCUT2D eigenvalue weighted by atomic mass is 16.3. The van der Waals surface area contributed by atoms with Crippen molar-refractivity contribution in [2.24, 2.45) is 0 Å². The largest absolute Gasteiger partial charge is 0.389 e. The van der Waals surface area contributed by atoms with E-state index in [0.717, 1.165) is 51.4 Å². The molecule has 1 fully saturated rings. The van der Waals surface area contributed by atoms with Crippen molar-refractivity contribution in [3.63, 3.8) is 0 Å². The number of piperidine rings is 1. The second kappa shape index (κ2) is 14.4. The first-order valence-electron chi connectivity index (χ1n) is 10.7. The van der Waals surface area contributed by atoms with Gasteiger partial charge in [-0.15, -0.1) is 0 Å². The highest BCUT2D eigenvalue weighted by Crippen LogP contribution is 2.20. The number of carbonyl (C=O) groups excluding carboxylic acids is 2. The lowest BCUT2D eigenvalue weighted by molar-refractivity contribution is -0.134. The highest BCUT2D eigenvalue weighted by molar-refractivity contribution is 5.77. The predicted molar refractivity (Wildman–Crippen MR) is 110 cm³/mol. The van der Waals surface area contributed by atoms with E-state index < -0.39 is 6.10 Å². The fourth-order valence-electron chi connectivity index (χ4n) is 3.31. The Morgan fingerprint density at radius 1 is 1.30 bits per heavy atom. The smallest absolute Gasteiger partial charge is 0.223 e. The van der Waals surface area contributed by atoms with Gasteiger partial charge >= 0.3 is 0 Å². The molecule has 154 valence electrons. The Morgan fingerprint density at radius 3 is 2.85 bits per heavy atom. The zero-order chi connectivity index (χ0) is 19.9. The van der Waals surface area contributed by atoms with Gasteiger partial charge < -0.3 is 15.3 Å². The minimum atomic E-state index is -0.416. The van der Waals surface area contributed by atoms with Gasteiger partial charge in [0.15, 0.2) is 0 Å². The van der Waals surface area contributed by atoms with Crippen molar-refractivity contribution in [3.8, 4) is 0 Å². The number of carbonyl (C=O) groups is 2. The Kier molecular flexibility index (Phi) is 12.5. The van der Waals surface area contributed by atoms with Gasteiger partial charge in [0.05, 0.1) is 12.1 Å². The fourth-order valence-corrected chi connectivity index (χ4v) is 3.31. The van der Waals surface area contributed by atoms with E-state index in [1.807, 2.05) is 30.1 Å². The van der Waals surface area contributed by atoms with Gasteiger partial charge in [0.1, 0.15) is 0 Å². The highest BCUT2D eigenvalue weighted by Gasteiger charge is 2.25. The van der Waals surface area contributed by atoms with Crippen LogP contribution in [-0.2, 0) is 9.59 Å². The Hall–Kier alpha value is -1.62. The van der Waals surface area contributed by atoms with Crippen LogP contribution >= 0.6 is 0 Å². The maximum Gasteiger partial charge on any atom is 0.223 e. The molecular formula is C22H38N2O3. The Labute approximate surface area is 164 Å². The van der Waals surface area contributed by atoms with Crippen LogP contribution in [-0.4, -0.2) is 47.1 Å².